The first kappa shape index (κ1) is 20.1. The molecule has 0 heterocycles. The molecular formula is C21H25ClO4. The molecule has 2 aromatic rings. The molecule has 0 fully saturated rings. The Kier molecular flexibility index (Phi) is 7.79. The van der Waals surface area contributed by atoms with Gasteiger partial charge < -0.3 is 14.9 Å². The first-order valence-electron chi connectivity index (χ1n) is 9.02. The van der Waals surface area contributed by atoms with Crippen LogP contribution in [-0.2, 0) is 0 Å². The predicted octanol–water partition coefficient (Wildman–Crippen LogP) is 5.72. The molecule has 0 radical (unpaired) electrons. The van der Waals surface area contributed by atoms with Gasteiger partial charge in [0.15, 0.2) is 5.78 Å². The number of carbonyl (C=O) groups excluding carboxylic acids is 1. The number of benzene rings is 2. The van der Waals surface area contributed by atoms with Crippen molar-refractivity contribution in [3.8, 4) is 17.2 Å². The summed E-state index contributed by atoms with van der Waals surface area (Å²) in [4.78, 5) is 12.5. The molecule has 0 spiro atoms. The third-order valence-electron chi connectivity index (χ3n) is 4.18. The number of hydrogen-bond acceptors (Lipinski definition) is 4. The van der Waals surface area contributed by atoms with Gasteiger partial charge in [-0.3, -0.25) is 4.79 Å². The van der Waals surface area contributed by atoms with Gasteiger partial charge in [0.25, 0.3) is 0 Å². The van der Waals surface area contributed by atoms with Gasteiger partial charge in [0.2, 0.25) is 0 Å². The van der Waals surface area contributed by atoms with E-state index in [1.807, 2.05) is 0 Å². The Morgan fingerprint density at radius 2 is 1.54 bits per heavy atom. The minimum atomic E-state index is -0.473. The minimum Gasteiger partial charge on any atom is -0.507 e. The zero-order valence-electron chi connectivity index (χ0n) is 15.0. The van der Waals surface area contributed by atoms with Gasteiger partial charge in [0.05, 0.1) is 17.7 Å². The van der Waals surface area contributed by atoms with Gasteiger partial charge in [0, 0.05) is 11.1 Å². The average molecular weight is 377 g/mol. The molecule has 0 aliphatic heterocycles. The van der Waals surface area contributed by atoms with E-state index >= 15 is 0 Å². The predicted molar refractivity (Wildman–Crippen MR) is 104 cm³/mol. The van der Waals surface area contributed by atoms with Gasteiger partial charge >= 0.3 is 0 Å². The summed E-state index contributed by atoms with van der Waals surface area (Å²) in [5.74, 6) is -0.345. The van der Waals surface area contributed by atoms with E-state index in [0.29, 0.717) is 17.4 Å². The SMILES string of the molecule is CCCCCCCCOc1ccc(C(=O)c2ccc(Cl)cc2O)c(O)c1. The van der Waals surface area contributed by atoms with Crippen molar-refractivity contribution in [3.63, 3.8) is 0 Å². The Labute approximate surface area is 159 Å². The first-order chi connectivity index (χ1) is 12.5. The molecule has 4 nitrogen and oxygen atoms in total. The third-order valence-corrected chi connectivity index (χ3v) is 4.42. The molecule has 2 N–H and O–H groups in total. The van der Waals surface area contributed by atoms with E-state index in [0.717, 1.165) is 12.8 Å². The molecule has 140 valence electrons. The standard InChI is InChI=1S/C21H25ClO4/c1-2-3-4-5-6-7-12-26-16-9-11-18(20(24)14-16)21(25)17-10-8-15(22)13-19(17)23/h8-11,13-14,23-24H,2-7,12H2,1H3. The lowest BCUT2D eigenvalue weighted by Crippen LogP contribution is -2.03. The van der Waals surface area contributed by atoms with Crippen molar-refractivity contribution in [2.24, 2.45) is 0 Å². The zero-order chi connectivity index (χ0) is 18.9. The van der Waals surface area contributed by atoms with Gasteiger partial charge in [-0.1, -0.05) is 50.6 Å². The molecule has 0 aliphatic carbocycles. The van der Waals surface area contributed by atoms with Gasteiger partial charge in [-0.25, -0.2) is 0 Å². The van der Waals surface area contributed by atoms with Crippen LogP contribution in [0.2, 0.25) is 5.02 Å². The number of unbranched alkanes of at least 4 members (excludes halogenated alkanes) is 5. The van der Waals surface area contributed by atoms with Crippen LogP contribution in [0, 0.1) is 0 Å². The maximum absolute atomic E-state index is 12.5. The van der Waals surface area contributed by atoms with Crippen LogP contribution >= 0.6 is 11.6 Å². The second-order valence-electron chi connectivity index (χ2n) is 6.29. The maximum Gasteiger partial charge on any atom is 0.200 e. The quantitative estimate of drug-likeness (QED) is 0.411. The normalized spacial score (nSPS) is 10.7. The number of ketones is 1. The highest BCUT2D eigenvalue weighted by atomic mass is 35.5. The fraction of sp³-hybridized carbons (Fsp3) is 0.381. The molecule has 0 amide bonds. The molecule has 26 heavy (non-hydrogen) atoms. The number of hydrogen-bond donors (Lipinski definition) is 2. The number of rotatable bonds is 10. The van der Waals surface area contributed by atoms with Crippen molar-refractivity contribution >= 4 is 17.4 Å². The van der Waals surface area contributed by atoms with E-state index < -0.39 is 5.78 Å². The number of phenolic OH excluding ortho intramolecular Hbond substituents is 2. The Morgan fingerprint density at radius 1 is 0.923 bits per heavy atom. The lowest BCUT2D eigenvalue weighted by molar-refractivity contribution is 0.103. The van der Waals surface area contributed by atoms with Crippen molar-refractivity contribution in [2.75, 3.05) is 6.61 Å². The fourth-order valence-electron chi connectivity index (χ4n) is 2.71. The van der Waals surface area contributed by atoms with E-state index in [2.05, 4.69) is 6.92 Å². The second kappa shape index (κ2) is 10.1. The molecule has 0 atom stereocenters. The molecule has 0 aliphatic rings. The van der Waals surface area contributed by atoms with E-state index in [-0.39, 0.29) is 22.6 Å². The molecule has 2 aromatic carbocycles. The highest BCUT2D eigenvalue weighted by molar-refractivity contribution is 6.31. The van der Waals surface area contributed by atoms with Crippen LogP contribution in [0.4, 0.5) is 0 Å². The number of phenols is 2. The lowest BCUT2D eigenvalue weighted by Gasteiger charge is -2.10. The third kappa shape index (κ3) is 5.67. The van der Waals surface area contributed by atoms with Crippen molar-refractivity contribution in [1.29, 1.82) is 0 Å². The van der Waals surface area contributed by atoms with Crippen LogP contribution < -0.4 is 4.74 Å². The smallest absolute Gasteiger partial charge is 0.200 e. The van der Waals surface area contributed by atoms with Crippen molar-refractivity contribution < 1.29 is 19.7 Å². The molecule has 0 saturated carbocycles. The molecule has 0 bridgehead atoms. The van der Waals surface area contributed by atoms with E-state index in [4.69, 9.17) is 16.3 Å². The molecule has 5 heteroatoms. The summed E-state index contributed by atoms with van der Waals surface area (Å²) in [7, 11) is 0. The number of ether oxygens (including phenoxy) is 1. The summed E-state index contributed by atoms with van der Waals surface area (Å²) < 4.78 is 5.64. The van der Waals surface area contributed by atoms with Gasteiger partial charge in [-0.2, -0.15) is 0 Å². The Balaban J connectivity index is 1.93. The number of aromatic hydroxyl groups is 2. The summed E-state index contributed by atoms with van der Waals surface area (Å²) in [6.07, 6.45) is 7.05. The first-order valence-corrected chi connectivity index (χ1v) is 9.39. The molecule has 2 rings (SSSR count). The van der Waals surface area contributed by atoms with Crippen LogP contribution in [-0.4, -0.2) is 22.6 Å². The largest absolute Gasteiger partial charge is 0.507 e. The van der Waals surface area contributed by atoms with Crippen molar-refractivity contribution in [3.05, 3.63) is 52.5 Å². The Morgan fingerprint density at radius 3 is 2.19 bits per heavy atom. The van der Waals surface area contributed by atoms with Crippen LogP contribution in [0.15, 0.2) is 36.4 Å². The fourth-order valence-corrected chi connectivity index (χ4v) is 2.87. The monoisotopic (exact) mass is 376 g/mol. The molecule has 0 aromatic heterocycles. The van der Waals surface area contributed by atoms with Crippen LogP contribution in [0.3, 0.4) is 0 Å². The summed E-state index contributed by atoms with van der Waals surface area (Å²) >= 11 is 5.78. The van der Waals surface area contributed by atoms with Crippen LogP contribution in [0.1, 0.15) is 61.4 Å². The van der Waals surface area contributed by atoms with Crippen LogP contribution in [0.5, 0.6) is 17.2 Å². The van der Waals surface area contributed by atoms with Crippen molar-refractivity contribution in [1.82, 2.24) is 0 Å². The summed E-state index contributed by atoms with van der Waals surface area (Å²) in [6.45, 7) is 2.77. The topological polar surface area (TPSA) is 66.8 Å². The van der Waals surface area contributed by atoms with E-state index in [1.165, 1.54) is 56.0 Å². The van der Waals surface area contributed by atoms with Crippen molar-refractivity contribution in [2.45, 2.75) is 45.4 Å². The van der Waals surface area contributed by atoms with Crippen LogP contribution in [0.25, 0.3) is 0 Å². The summed E-state index contributed by atoms with van der Waals surface area (Å²) in [5.41, 5.74) is 0.194. The number of carbonyl (C=O) groups is 1. The molecule has 0 saturated heterocycles. The Hall–Kier alpha value is -2.20. The average Bonchev–Trinajstić information content (AvgIpc) is 2.60. The number of halogens is 1. The van der Waals surface area contributed by atoms with Gasteiger partial charge in [-0.15, -0.1) is 0 Å². The van der Waals surface area contributed by atoms with E-state index in [9.17, 15) is 15.0 Å². The maximum atomic E-state index is 12.5. The van der Waals surface area contributed by atoms with Gasteiger partial charge in [0.1, 0.15) is 17.2 Å². The minimum absolute atomic E-state index is 0.0884. The lowest BCUT2D eigenvalue weighted by atomic mass is 10.0. The highest BCUT2D eigenvalue weighted by Crippen LogP contribution is 2.30. The van der Waals surface area contributed by atoms with Gasteiger partial charge in [-0.05, 0) is 36.8 Å². The Bertz CT molecular complexity index is 743. The molecular weight excluding hydrogens is 352 g/mol. The zero-order valence-corrected chi connectivity index (χ0v) is 15.8. The molecule has 0 unspecified atom stereocenters. The second-order valence-corrected chi connectivity index (χ2v) is 6.72. The summed E-state index contributed by atoms with van der Waals surface area (Å²) in [5, 5.41) is 20.4. The summed E-state index contributed by atoms with van der Waals surface area (Å²) in [6, 6.07) is 8.83. The highest BCUT2D eigenvalue weighted by Gasteiger charge is 2.17. The van der Waals surface area contributed by atoms with E-state index in [1.54, 1.807) is 6.07 Å².